The molecule has 0 radical (unpaired) electrons. The average molecular weight is 519 g/mol. The zero-order valence-corrected chi connectivity index (χ0v) is 21.6. The third-order valence-electron chi connectivity index (χ3n) is 6.72. The lowest BCUT2D eigenvalue weighted by atomic mass is 10.0. The van der Waals surface area contributed by atoms with Crippen molar-refractivity contribution in [1.29, 1.82) is 0 Å². The van der Waals surface area contributed by atoms with Crippen molar-refractivity contribution >= 4 is 22.6 Å². The highest BCUT2D eigenvalue weighted by atomic mass is 16.5. The second kappa shape index (κ2) is 9.53. The number of nitrogens with two attached hydrogens (primary N) is 1. The third kappa shape index (κ3) is 4.29. The number of imidazole rings is 1. The molecule has 0 aliphatic carbocycles. The van der Waals surface area contributed by atoms with E-state index in [0.29, 0.717) is 11.3 Å². The zero-order valence-electron chi connectivity index (χ0n) is 21.6. The van der Waals surface area contributed by atoms with Gasteiger partial charge < -0.3 is 25.2 Å². The fourth-order valence-electron chi connectivity index (χ4n) is 4.70. The molecule has 0 unspecified atom stereocenters. The highest BCUT2D eigenvalue weighted by Crippen LogP contribution is 2.35. The van der Waals surface area contributed by atoms with Crippen LogP contribution in [0.3, 0.4) is 0 Å². The summed E-state index contributed by atoms with van der Waals surface area (Å²) in [6.07, 6.45) is 1.50. The zero-order chi connectivity index (χ0) is 27.1. The van der Waals surface area contributed by atoms with Crippen molar-refractivity contribution in [2.75, 3.05) is 20.0 Å². The minimum Gasteiger partial charge on any atom is -0.497 e. The first-order chi connectivity index (χ1) is 18.9. The Kier molecular flexibility index (Phi) is 5.88. The quantitative estimate of drug-likeness (QED) is 0.238. The number of aryl methyl sites for hydroxylation is 1. The van der Waals surface area contributed by atoms with Gasteiger partial charge in [0, 0.05) is 5.56 Å². The van der Waals surface area contributed by atoms with Gasteiger partial charge in [0.1, 0.15) is 23.1 Å². The normalized spacial score (nSPS) is 11.2. The van der Waals surface area contributed by atoms with Crippen LogP contribution in [-0.2, 0) is 0 Å². The molecule has 0 atom stereocenters. The first-order valence-electron chi connectivity index (χ1n) is 12.3. The molecule has 0 fully saturated rings. The van der Waals surface area contributed by atoms with Crippen molar-refractivity contribution in [2.24, 2.45) is 0 Å². The monoisotopic (exact) mass is 518 g/mol. The van der Waals surface area contributed by atoms with Gasteiger partial charge in [-0.05, 0) is 78.7 Å². The summed E-state index contributed by atoms with van der Waals surface area (Å²) in [6.45, 7) is 1.90. The van der Waals surface area contributed by atoms with Gasteiger partial charge in [0.05, 0.1) is 54.1 Å². The maximum absolute atomic E-state index is 13.7. The van der Waals surface area contributed by atoms with E-state index in [2.05, 4.69) is 20.1 Å². The number of hydrogen-bond donors (Lipinski definition) is 3. The van der Waals surface area contributed by atoms with Crippen molar-refractivity contribution in [1.82, 2.24) is 24.7 Å². The summed E-state index contributed by atoms with van der Waals surface area (Å²) in [4.78, 5) is 24.8. The Bertz CT molecular complexity index is 1750. The summed E-state index contributed by atoms with van der Waals surface area (Å²) in [7, 11) is 3.25. The van der Waals surface area contributed by atoms with E-state index in [-0.39, 0.29) is 11.6 Å². The Morgan fingerprint density at radius 3 is 2.21 bits per heavy atom. The molecule has 6 aromatic rings. The number of methoxy groups -OCH3 is 2. The minimum absolute atomic E-state index is 0.248. The summed E-state index contributed by atoms with van der Waals surface area (Å²) in [5, 5.41) is 4.42. The maximum Gasteiger partial charge on any atom is 0.214 e. The highest BCUT2D eigenvalue weighted by Gasteiger charge is 2.22. The summed E-state index contributed by atoms with van der Waals surface area (Å²) >= 11 is 0. The third-order valence-corrected chi connectivity index (χ3v) is 6.72. The SMILES string of the molecule is COc1ccc(-c2cc(C(=O)c3cnn(-c4ccc5[nH]c(C)nc5c4)c3N)[nH]c2-c2ccc(OC)cc2)cc1. The van der Waals surface area contributed by atoms with E-state index in [1.165, 1.54) is 6.20 Å². The lowest BCUT2D eigenvalue weighted by Crippen LogP contribution is -2.07. The number of aromatic amines is 2. The molecule has 3 heterocycles. The molecule has 0 saturated heterocycles. The van der Waals surface area contributed by atoms with Gasteiger partial charge in [-0.3, -0.25) is 4.79 Å². The topological polar surface area (TPSA) is 124 Å². The number of carbonyl (C=O) groups excluding carboxylic acids is 1. The smallest absolute Gasteiger partial charge is 0.214 e. The fourth-order valence-corrected chi connectivity index (χ4v) is 4.70. The van der Waals surface area contributed by atoms with E-state index >= 15 is 0 Å². The minimum atomic E-state index is -0.259. The summed E-state index contributed by atoms with van der Waals surface area (Å²) in [5.74, 6) is 2.30. The van der Waals surface area contributed by atoms with Gasteiger partial charge in [0.25, 0.3) is 0 Å². The summed E-state index contributed by atoms with van der Waals surface area (Å²) < 4.78 is 12.2. The summed E-state index contributed by atoms with van der Waals surface area (Å²) in [6, 6.07) is 22.9. The van der Waals surface area contributed by atoms with Crippen LogP contribution in [0.5, 0.6) is 11.5 Å². The van der Waals surface area contributed by atoms with E-state index in [0.717, 1.165) is 56.4 Å². The molecule has 3 aromatic heterocycles. The van der Waals surface area contributed by atoms with Gasteiger partial charge >= 0.3 is 0 Å². The molecule has 9 heteroatoms. The maximum atomic E-state index is 13.7. The largest absolute Gasteiger partial charge is 0.497 e. The van der Waals surface area contributed by atoms with Gasteiger partial charge in [-0.15, -0.1) is 0 Å². The number of benzene rings is 3. The lowest BCUT2D eigenvalue weighted by molar-refractivity contribution is 0.103. The van der Waals surface area contributed by atoms with Crippen molar-refractivity contribution < 1.29 is 14.3 Å². The first kappa shape index (κ1) is 24.1. The standard InChI is InChI=1S/C30H26N6O3/c1-17-33-25-13-8-20(14-26(25)34-17)36-30(31)24(16-32-36)29(37)27-15-23(18-4-9-21(38-2)10-5-18)28(35-27)19-6-11-22(39-3)12-7-19/h4-16,35H,31H2,1-3H3,(H,33,34). The van der Waals surface area contributed by atoms with Crippen LogP contribution in [-0.4, -0.2) is 44.7 Å². The molecule has 0 aliphatic heterocycles. The van der Waals surface area contributed by atoms with Gasteiger partial charge in [-0.1, -0.05) is 12.1 Å². The predicted octanol–water partition coefficient (Wildman–Crippen LogP) is 5.55. The number of aromatic nitrogens is 5. The number of nitrogens with one attached hydrogen (secondary N) is 2. The molecular weight excluding hydrogens is 492 g/mol. The van der Waals surface area contributed by atoms with E-state index in [4.69, 9.17) is 15.2 Å². The molecule has 194 valence electrons. The van der Waals surface area contributed by atoms with E-state index in [1.807, 2.05) is 79.7 Å². The molecule has 9 nitrogen and oxygen atoms in total. The van der Waals surface area contributed by atoms with Crippen LogP contribution in [0.2, 0.25) is 0 Å². The van der Waals surface area contributed by atoms with E-state index < -0.39 is 0 Å². The molecule has 0 bridgehead atoms. The Morgan fingerprint density at radius 1 is 0.872 bits per heavy atom. The van der Waals surface area contributed by atoms with Crippen molar-refractivity contribution in [3.05, 3.63) is 96.1 Å². The number of anilines is 1. The molecule has 4 N–H and O–H groups in total. The fraction of sp³-hybridized carbons (Fsp3) is 0.100. The van der Waals surface area contributed by atoms with Gasteiger partial charge in [0.15, 0.2) is 0 Å². The number of nitrogen functional groups attached to an aromatic ring is 1. The van der Waals surface area contributed by atoms with Crippen LogP contribution in [0.1, 0.15) is 21.9 Å². The Hall–Kier alpha value is -5.31. The van der Waals surface area contributed by atoms with E-state index in [9.17, 15) is 4.79 Å². The number of rotatable bonds is 7. The molecular formula is C30H26N6O3. The average Bonchev–Trinajstić information content (AvgIpc) is 3.68. The molecule has 39 heavy (non-hydrogen) atoms. The van der Waals surface area contributed by atoms with Gasteiger partial charge in [-0.25, -0.2) is 9.67 Å². The van der Waals surface area contributed by atoms with Gasteiger partial charge in [-0.2, -0.15) is 5.10 Å². The van der Waals surface area contributed by atoms with Crippen molar-refractivity contribution in [3.8, 4) is 39.6 Å². The molecule has 0 amide bonds. The second-order valence-electron chi connectivity index (χ2n) is 9.14. The van der Waals surface area contributed by atoms with Crippen LogP contribution >= 0.6 is 0 Å². The van der Waals surface area contributed by atoms with Crippen LogP contribution in [0.15, 0.2) is 79.0 Å². The molecule has 6 rings (SSSR count). The van der Waals surface area contributed by atoms with Crippen LogP contribution in [0.4, 0.5) is 5.82 Å². The number of ether oxygens (including phenoxy) is 2. The number of nitrogens with zero attached hydrogens (tertiary/aromatic N) is 3. The molecule has 0 aliphatic rings. The Morgan fingerprint density at radius 2 is 1.54 bits per heavy atom. The highest BCUT2D eigenvalue weighted by molar-refractivity contribution is 6.12. The van der Waals surface area contributed by atoms with Crippen molar-refractivity contribution in [2.45, 2.75) is 6.92 Å². The van der Waals surface area contributed by atoms with Gasteiger partial charge in [0.2, 0.25) is 5.78 Å². The molecule has 3 aromatic carbocycles. The molecule has 0 saturated carbocycles. The number of H-pyrrole nitrogens is 2. The second-order valence-corrected chi connectivity index (χ2v) is 9.14. The van der Waals surface area contributed by atoms with Crippen LogP contribution in [0, 0.1) is 6.92 Å². The van der Waals surface area contributed by atoms with Crippen LogP contribution < -0.4 is 15.2 Å². The Balaban J connectivity index is 1.41. The predicted molar refractivity (Wildman–Crippen MR) is 151 cm³/mol. The number of carbonyl (C=O) groups is 1. The summed E-state index contributed by atoms with van der Waals surface area (Å²) in [5.41, 5.74) is 13.1. The Labute approximate surface area is 224 Å². The first-order valence-corrected chi connectivity index (χ1v) is 12.3. The van der Waals surface area contributed by atoms with Crippen LogP contribution in [0.25, 0.3) is 39.1 Å². The van der Waals surface area contributed by atoms with E-state index in [1.54, 1.807) is 18.9 Å². The number of ketones is 1. The molecule has 0 spiro atoms. The van der Waals surface area contributed by atoms with Crippen molar-refractivity contribution in [3.63, 3.8) is 0 Å². The lowest BCUT2D eigenvalue weighted by Gasteiger charge is -2.07. The number of hydrogen-bond acceptors (Lipinski definition) is 6. The number of fused-ring (bicyclic) bond motifs is 1.